The highest BCUT2D eigenvalue weighted by atomic mass is 32.2. The molecule has 0 radical (unpaired) electrons. The zero-order valence-electron chi connectivity index (χ0n) is 48.8. The molecule has 5 aliphatic heterocycles. The van der Waals surface area contributed by atoms with E-state index in [0.29, 0.717) is 22.3 Å². The van der Waals surface area contributed by atoms with Crippen LogP contribution in [0.4, 0.5) is 11.6 Å². The first-order valence-corrected chi connectivity index (χ1v) is 36.3. The molecule has 9 rings (SSSR count). The third-order valence-corrected chi connectivity index (χ3v) is 29.8. The van der Waals surface area contributed by atoms with Gasteiger partial charge >= 0.3 is 17.1 Å². The third-order valence-electron chi connectivity index (χ3n) is 15.6. The van der Waals surface area contributed by atoms with Gasteiger partial charge in [0.05, 0.1) is 48.9 Å². The Labute approximate surface area is 496 Å². The fraction of sp³-hybridized carbons (Fsp3) is 0.720. The molecule has 4 aromatic rings. The number of aliphatic hydroxyl groups excluding tert-OH is 2. The van der Waals surface area contributed by atoms with E-state index in [2.05, 4.69) is 95.9 Å². The zero-order chi connectivity index (χ0) is 60.7. The summed E-state index contributed by atoms with van der Waals surface area (Å²) in [5, 5.41) is 26.2. The molecule has 460 valence electrons. The van der Waals surface area contributed by atoms with Crippen molar-refractivity contribution in [3.05, 3.63) is 25.3 Å². The molecule has 4 N–H and O–H groups in total. The number of aromatic nitrogens is 8. The summed E-state index contributed by atoms with van der Waals surface area (Å²) >= 11 is 11.2. The van der Waals surface area contributed by atoms with E-state index in [4.69, 9.17) is 56.4 Å². The van der Waals surface area contributed by atoms with Gasteiger partial charge in [-0.1, -0.05) is 83.1 Å². The van der Waals surface area contributed by atoms with Gasteiger partial charge in [0.1, 0.15) is 37.1 Å². The number of carbonyl (C=O) groups is 2. The van der Waals surface area contributed by atoms with E-state index in [1.165, 1.54) is 23.5 Å². The second kappa shape index (κ2) is 25.8. The fourth-order valence-electron chi connectivity index (χ4n) is 10.6. The Bertz CT molecular complexity index is 3200. The summed E-state index contributed by atoms with van der Waals surface area (Å²) in [6, 6.07) is 0. The summed E-state index contributed by atoms with van der Waals surface area (Å²) in [6.07, 6.45) is -1.40. The lowest BCUT2D eigenvalue weighted by Crippen LogP contribution is -2.66. The summed E-state index contributed by atoms with van der Waals surface area (Å²) < 4.78 is 98.2. The van der Waals surface area contributed by atoms with Crippen molar-refractivity contribution in [2.75, 3.05) is 73.0 Å². The van der Waals surface area contributed by atoms with Crippen LogP contribution in [0.5, 0.6) is 0 Å². The normalized spacial score (nSPS) is 26.7. The van der Waals surface area contributed by atoms with Crippen molar-refractivity contribution in [1.29, 1.82) is 0 Å². The zero-order valence-corrected chi connectivity index (χ0v) is 54.0. The lowest BCUT2D eigenvalue weighted by Gasteiger charge is -2.51. The Kier molecular flexibility index (Phi) is 20.1. The molecule has 0 bridgehead atoms. The van der Waals surface area contributed by atoms with Gasteiger partial charge in [0.2, 0.25) is 11.8 Å². The Hall–Kier alpha value is -4.53. The molecule has 33 heteroatoms. The first-order valence-electron chi connectivity index (χ1n) is 27.9. The molecule has 2 amide bonds. The monoisotopic (exact) mass is 1270 g/mol. The van der Waals surface area contributed by atoms with Crippen molar-refractivity contribution in [1.82, 2.24) is 48.8 Å². The molecule has 0 aromatic carbocycles. The SMILES string of the molecule is CC(C)C(=O)Nc1ncnc2c1ncn2[C@@H]1O[C@@H]2CO[Si](C(C)C)(C(C)C)O[Si](C(C)C)(C(C)C)OC2[C@@H]1OC(=S)N1CCS(=O)(=O)CC1.CC(C)C(=O)Nc1ncnc2c1ncn2[C@@H]1O[C@H](CO)C(O)[C@@H]1OC(=S)N1CCS(=O)(=O)CC1. The molecule has 5 saturated heterocycles. The number of hydrogen-bond acceptors (Lipinski definition) is 23. The van der Waals surface area contributed by atoms with E-state index in [1.807, 2.05) is 0 Å². The van der Waals surface area contributed by atoms with E-state index >= 15 is 0 Å². The first-order chi connectivity index (χ1) is 39.0. The number of nitrogens with zero attached hydrogens (tertiary/aromatic N) is 10. The second-order valence-corrected chi connectivity index (χ2v) is 37.4. The number of imidazole rings is 2. The van der Waals surface area contributed by atoms with E-state index in [9.17, 15) is 36.6 Å². The molecular weight excluding hydrogens is 1190 g/mol. The van der Waals surface area contributed by atoms with Crippen molar-refractivity contribution in [3.63, 3.8) is 0 Å². The molecule has 8 atom stereocenters. The number of hydrogen-bond donors (Lipinski definition) is 4. The lowest BCUT2D eigenvalue weighted by atomic mass is 10.1. The average molecular weight is 1270 g/mol. The summed E-state index contributed by atoms with van der Waals surface area (Å²) in [7, 11) is -12.2. The highest BCUT2D eigenvalue weighted by Crippen LogP contribution is 2.49. The number of anilines is 2. The number of sulfone groups is 2. The van der Waals surface area contributed by atoms with Crippen LogP contribution in [0.25, 0.3) is 22.3 Å². The Morgan fingerprint density at radius 2 is 1.07 bits per heavy atom. The molecule has 5 aliphatic rings. The van der Waals surface area contributed by atoms with E-state index in [-0.39, 0.29) is 124 Å². The highest BCUT2D eigenvalue weighted by Gasteiger charge is 2.63. The second-order valence-electron chi connectivity index (χ2n) is 23.2. The third kappa shape index (κ3) is 13.5. The summed E-state index contributed by atoms with van der Waals surface area (Å²) in [4.78, 5) is 54.2. The molecule has 27 nitrogen and oxygen atoms in total. The Morgan fingerprint density at radius 3 is 1.48 bits per heavy atom. The number of fused-ring (bicyclic) bond motifs is 3. The van der Waals surface area contributed by atoms with Crippen molar-refractivity contribution in [2.45, 2.75) is 154 Å². The van der Waals surface area contributed by atoms with Gasteiger partial charge in [-0.15, -0.1) is 0 Å². The van der Waals surface area contributed by atoms with E-state index in [0.717, 1.165) is 0 Å². The lowest BCUT2D eigenvalue weighted by molar-refractivity contribution is -0.119. The van der Waals surface area contributed by atoms with Crippen LogP contribution in [-0.4, -0.2) is 214 Å². The van der Waals surface area contributed by atoms with Gasteiger partial charge < -0.3 is 62.6 Å². The number of rotatable bonds is 13. The maximum atomic E-state index is 12.6. The highest BCUT2D eigenvalue weighted by molar-refractivity contribution is 7.91. The van der Waals surface area contributed by atoms with E-state index < -0.39 is 92.5 Å². The van der Waals surface area contributed by atoms with Gasteiger partial charge in [-0.2, -0.15) is 0 Å². The minimum Gasteiger partial charge on any atom is -0.460 e. The van der Waals surface area contributed by atoms with Gasteiger partial charge in [-0.25, -0.2) is 46.7 Å². The van der Waals surface area contributed by atoms with Crippen molar-refractivity contribution in [3.8, 4) is 0 Å². The summed E-state index contributed by atoms with van der Waals surface area (Å²) in [5.74, 6) is -0.555. The minimum absolute atomic E-state index is 0.00683. The average Bonchev–Trinajstić information content (AvgIpc) is 2.36. The van der Waals surface area contributed by atoms with Crippen LogP contribution < -0.4 is 10.6 Å². The standard InChI is InChI=1S/C31H52N6O8S2Si2.C19H26N6O7S2/c1-18(2)29(38)35-27-24-28(33-16-32-27)37(17-34-24)30-26(43-31(46)36-11-13-47(39,40)14-12-36)25-23(42-30)15-41-48(19(3)4,20(5)6)45-49(44-25,21(7)8)22(9)10;1-10(2)17(28)23-15-12-16(21-8-20-15)25(9-22-12)18-14(13(27)11(7-26)31-18)32-19(33)24-3-5-34(29,30)6-4-24/h16-23,25-26,30H,11-15H2,1-10H3,(H,32,33,35,38);8-11,13-14,18,26-27H,3-7H2,1-2H3,(H,20,21,23,28)/t23-,25?,26+,30-;11-,13?,14+,18-/m11/s1. The van der Waals surface area contributed by atoms with Gasteiger partial charge in [0, 0.05) is 38.0 Å². The van der Waals surface area contributed by atoms with Crippen LogP contribution in [0.3, 0.4) is 0 Å². The van der Waals surface area contributed by atoms with Gasteiger partial charge in [-0.05, 0) is 46.6 Å². The molecule has 9 heterocycles. The van der Waals surface area contributed by atoms with Gasteiger partial charge in [0.25, 0.3) is 10.3 Å². The smallest absolute Gasteiger partial charge is 0.335 e. The number of aliphatic hydroxyl groups is 2. The molecular formula is C50H78N12O15S4Si2. The van der Waals surface area contributed by atoms with Gasteiger partial charge in [-0.3, -0.25) is 18.7 Å². The van der Waals surface area contributed by atoms with Gasteiger partial charge in [0.15, 0.2) is 78.3 Å². The summed E-state index contributed by atoms with van der Waals surface area (Å²) in [6.45, 7) is 24.9. The predicted octanol–water partition coefficient (Wildman–Crippen LogP) is 3.75. The minimum atomic E-state index is -3.14. The van der Waals surface area contributed by atoms with Crippen molar-refractivity contribution >= 4 is 117 Å². The van der Waals surface area contributed by atoms with Crippen LogP contribution >= 0.6 is 24.4 Å². The van der Waals surface area contributed by atoms with Crippen LogP contribution in [0, 0.1) is 11.8 Å². The Balaban J connectivity index is 0.000000231. The number of thiocarbonyl (C=S) groups is 2. The van der Waals surface area contributed by atoms with E-state index in [1.54, 1.807) is 48.4 Å². The van der Waals surface area contributed by atoms with Crippen LogP contribution in [0.1, 0.15) is 95.5 Å². The predicted molar refractivity (Wildman–Crippen MR) is 318 cm³/mol. The molecule has 83 heavy (non-hydrogen) atoms. The molecule has 0 spiro atoms. The maximum Gasteiger partial charge on any atom is 0.335 e. The maximum absolute atomic E-state index is 12.6. The van der Waals surface area contributed by atoms with Crippen LogP contribution in [0.2, 0.25) is 22.2 Å². The number of nitrogens with one attached hydrogen (secondary N) is 2. The molecule has 4 aromatic heterocycles. The number of carbonyl (C=O) groups excluding carboxylic acids is 2. The molecule has 2 unspecified atom stereocenters. The van der Waals surface area contributed by atoms with Crippen LogP contribution in [-0.2, 0) is 61.2 Å². The largest absolute Gasteiger partial charge is 0.460 e. The summed E-state index contributed by atoms with van der Waals surface area (Å²) in [5.41, 5.74) is 1.87. The van der Waals surface area contributed by atoms with Crippen molar-refractivity contribution < 1.29 is 68.6 Å². The molecule has 0 aliphatic carbocycles. The fourth-order valence-corrected chi connectivity index (χ4v) is 24.8. The molecule has 0 saturated carbocycles. The Morgan fingerprint density at radius 1 is 0.651 bits per heavy atom. The quantitative estimate of drug-likeness (QED) is 0.109. The van der Waals surface area contributed by atoms with Crippen LogP contribution in [0.15, 0.2) is 25.3 Å². The van der Waals surface area contributed by atoms with Crippen molar-refractivity contribution in [2.24, 2.45) is 11.8 Å². The topological polar surface area (TPSA) is 325 Å². The molecule has 5 fully saturated rings. The number of amides is 2. The first kappa shape index (κ1) is 64.5. The number of ether oxygens (including phenoxy) is 4.